The molecule has 140 valence electrons. The number of aromatic nitrogens is 1. The Kier molecular flexibility index (Phi) is 3.39. The van der Waals surface area contributed by atoms with E-state index in [1.54, 1.807) is 0 Å². The summed E-state index contributed by atoms with van der Waals surface area (Å²) in [5.41, 5.74) is 6.17. The van der Waals surface area contributed by atoms with Crippen molar-refractivity contribution in [1.29, 1.82) is 0 Å². The molecule has 0 spiro atoms. The molecule has 2 heterocycles. The van der Waals surface area contributed by atoms with Crippen LogP contribution in [0.15, 0.2) is 97.1 Å². The molecule has 1 aromatic heterocycles. The minimum absolute atomic E-state index is 0.0600. The van der Waals surface area contributed by atoms with E-state index >= 15 is 0 Å². The molecule has 2 aliphatic carbocycles. The Balaban J connectivity index is 1.77. The highest BCUT2D eigenvalue weighted by Gasteiger charge is 2.40. The highest BCUT2D eigenvalue weighted by atomic mass is 15.0. The number of benzene rings is 2. The number of fused-ring (bicyclic) bond motifs is 2. The third-order valence-electron chi connectivity index (χ3n) is 6.40. The standard InChI is InChI=1S/C27H22N2/c1-27(16-8-9-17-27)24-20-13-5-7-15-22(20)29-26(24)25-23(18-10-2-3-11-18)19-12-4-6-14-21(19)28-25/h2-17,24,28-29H,1H3/b26-25+. The molecule has 29 heavy (non-hydrogen) atoms. The van der Waals surface area contributed by atoms with E-state index in [1.807, 2.05) is 0 Å². The van der Waals surface area contributed by atoms with E-state index in [4.69, 9.17) is 0 Å². The summed E-state index contributed by atoms with van der Waals surface area (Å²) < 4.78 is 0. The third-order valence-corrected chi connectivity index (χ3v) is 6.40. The zero-order chi connectivity index (χ0) is 19.4. The van der Waals surface area contributed by atoms with Gasteiger partial charge in [-0.25, -0.2) is 0 Å². The first-order valence-electron chi connectivity index (χ1n) is 10.2. The molecule has 0 radical (unpaired) electrons. The Morgan fingerprint density at radius 1 is 0.828 bits per heavy atom. The molecule has 0 saturated carbocycles. The Bertz CT molecular complexity index is 1370. The monoisotopic (exact) mass is 374 g/mol. The van der Waals surface area contributed by atoms with E-state index < -0.39 is 0 Å². The zero-order valence-corrected chi connectivity index (χ0v) is 16.3. The van der Waals surface area contributed by atoms with Crippen LogP contribution < -0.4 is 15.9 Å². The van der Waals surface area contributed by atoms with Gasteiger partial charge in [0.25, 0.3) is 0 Å². The molecule has 0 bridgehead atoms. The van der Waals surface area contributed by atoms with E-state index in [0.29, 0.717) is 0 Å². The largest absolute Gasteiger partial charge is 0.356 e. The molecule has 2 aromatic carbocycles. The van der Waals surface area contributed by atoms with Crippen LogP contribution in [0.2, 0.25) is 0 Å². The highest BCUT2D eigenvalue weighted by molar-refractivity contribution is 5.90. The van der Waals surface area contributed by atoms with Crippen molar-refractivity contribution in [2.45, 2.75) is 12.8 Å². The van der Waals surface area contributed by atoms with Crippen molar-refractivity contribution in [2.24, 2.45) is 5.41 Å². The molecule has 2 nitrogen and oxygen atoms in total. The number of allylic oxidation sites excluding steroid dienone is 8. The van der Waals surface area contributed by atoms with Gasteiger partial charge in [0.1, 0.15) is 0 Å². The second-order valence-corrected chi connectivity index (χ2v) is 8.24. The Labute approximate surface area is 170 Å². The Morgan fingerprint density at radius 3 is 2.38 bits per heavy atom. The summed E-state index contributed by atoms with van der Waals surface area (Å²) in [5.74, 6) is 0.232. The Hall–Kier alpha value is -3.52. The van der Waals surface area contributed by atoms with Crippen LogP contribution in [-0.2, 0) is 0 Å². The minimum Gasteiger partial charge on any atom is -0.356 e. The summed E-state index contributed by atoms with van der Waals surface area (Å²) in [7, 11) is 0. The molecule has 0 saturated heterocycles. The van der Waals surface area contributed by atoms with Crippen molar-refractivity contribution in [3.63, 3.8) is 0 Å². The van der Waals surface area contributed by atoms with Crippen molar-refractivity contribution < 1.29 is 0 Å². The van der Waals surface area contributed by atoms with Gasteiger partial charge in [-0.3, -0.25) is 0 Å². The van der Waals surface area contributed by atoms with Crippen LogP contribution in [0.5, 0.6) is 0 Å². The van der Waals surface area contributed by atoms with E-state index in [-0.39, 0.29) is 11.3 Å². The van der Waals surface area contributed by atoms with E-state index in [1.165, 1.54) is 44.0 Å². The summed E-state index contributed by atoms with van der Waals surface area (Å²) in [6.07, 6.45) is 17.6. The lowest BCUT2D eigenvalue weighted by Crippen LogP contribution is -2.33. The third kappa shape index (κ3) is 2.35. The van der Waals surface area contributed by atoms with Crippen molar-refractivity contribution in [3.8, 4) is 0 Å². The molecule has 6 rings (SSSR count). The van der Waals surface area contributed by atoms with Crippen molar-refractivity contribution in [2.75, 3.05) is 5.32 Å². The average molecular weight is 374 g/mol. The summed E-state index contributed by atoms with van der Waals surface area (Å²) in [6, 6.07) is 17.3. The quantitative estimate of drug-likeness (QED) is 0.623. The van der Waals surface area contributed by atoms with Crippen LogP contribution in [0.4, 0.5) is 5.69 Å². The van der Waals surface area contributed by atoms with Gasteiger partial charge in [0.15, 0.2) is 0 Å². The molecule has 3 aromatic rings. The average Bonchev–Trinajstić information content (AvgIpc) is 3.51. The molecule has 3 aliphatic rings. The Morgan fingerprint density at radius 2 is 1.55 bits per heavy atom. The number of aromatic amines is 1. The summed E-state index contributed by atoms with van der Waals surface area (Å²) in [6.45, 7) is 2.33. The number of hydrogen-bond acceptors (Lipinski definition) is 1. The number of anilines is 1. The van der Waals surface area contributed by atoms with Crippen molar-refractivity contribution in [3.05, 3.63) is 113 Å². The maximum absolute atomic E-state index is 3.78. The molecule has 1 aliphatic heterocycles. The number of rotatable bonds is 1. The SMILES string of the molecule is CC1(C2/C(=c3\[nH]c4ccccc4c3=C3C=CC=C3)Nc3ccccc32)C=CC=C1. The van der Waals surface area contributed by atoms with E-state index in [9.17, 15) is 0 Å². The van der Waals surface area contributed by atoms with Crippen LogP contribution in [0.1, 0.15) is 18.4 Å². The summed E-state index contributed by atoms with van der Waals surface area (Å²) >= 11 is 0. The minimum atomic E-state index is -0.0600. The molecule has 0 amide bonds. The van der Waals surface area contributed by atoms with Gasteiger partial charge in [0.2, 0.25) is 0 Å². The van der Waals surface area contributed by atoms with Crippen LogP contribution >= 0.6 is 0 Å². The first kappa shape index (κ1) is 16.4. The maximum atomic E-state index is 3.78. The van der Waals surface area contributed by atoms with E-state index in [2.05, 4.69) is 114 Å². The van der Waals surface area contributed by atoms with Gasteiger partial charge in [-0.2, -0.15) is 0 Å². The highest BCUT2D eigenvalue weighted by Crippen LogP contribution is 2.51. The molecule has 2 heteroatoms. The number of nitrogens with one attached hydrogen (secondary N) is 2. The van der Waals surface area contributed by atoms with Gasteiger partial charge in [-0.1, -0.05) is 91.9 Å². The fourth-order valence-electron chi connectivity index (χ4n) is 5.05. The van der Waals surface area contributed by atoms with E-state index in [0.717, 1.165) is 0 Å². The molecular formula is C27H22N2. The second kappa shape index (κ2) is 5.99. The van der Waals surface area contributed by atoms with Gasteiger partial charge in [-0.05, 0) is 23.3 Å². The van der Waals surface area contributed by atoms with Crippen LogP contribution in [0.25, 0.3) is 22.2 Å². The molecule has 1 atom stereocenters. The first-order valence-corrected chi connectivity index (χ1v) is 10.2. The van der Waals surface area contributed by atoms with Gasteiger partial charge in [0.05, 0.1) is 5.35 Å². The lowest BCUT2D eigenvalue weighted by Gasteiger charge is -2.29. The number of para-hydroxylation sites is 2. The normalized spacial score (nSPS) is 22.7. The molecule has 2 N–H and O–H groups in total. The topological polar surface area (TPSA) is 27.8 Å². The molecular weight excluding hydrogens is 352 g/mol. The second-order valence-electron chi connectivity index (χ2n) is 8.24. The fourth-order valence-corrected chi connectivity index (χ4v) is 5.05. The zero-order valence-electron chi connectivity index (χ0n) is 16.3. The van der Waals surface area contributed by atoms with Gasteiger partial charge < -0.3 is 10.3 Å². The molecule has 0 fully saturated rings. The maximum Gasteiger partial charge on any atom is 0.0674 e. The summed E-state index contributed by atoms with van der Waals surface area (Å²) in [4.78, 5) is 3.75. The van der Waals surface area contributed by atoms with Gasteiger partial charge in [-0.15, -0.1) is 0 Å². The summed E-state index contributed by atoms with van der Waals surface area (Å²) in [5, 5.41) is 7.51. The lowest BCUT2D eigenvalue weighted by atomic mass is 9.74. The number of H-pyrrole nitrogens is 1. The molecule has 1 unspecified atom stereocenters. The van der Waals surface area contributed by atoms with Crippen LogP contribution in [-0.4, -0.2) is 4.98 Å². The van der Waals surface area contributed by atoms with Crippen LogP contribution in [0.3, 0.4) is 0 Å². The van der Waals surface area contributed by atoms with Crippen molar-refractivity contribution >= 4 is 27.9 Å². The smallest absolute Gasteiger partial charge is 0.0674 e. The van der Waals surface area contributed by atoms with Crippen LogP contribution in [0, 0.1) is 5.41 Å². The fraction of sp³-hybridized carbons (Fsp3) is 0.111. The van der Waals surface area contributed by atoms with Crippen molar-refractivity contribution in [1.82, 2.24) is 4.98 Å². The lowest BCUT2D eigenvalue weighted by molar-refractivity contribution is 0.511. The first-order chi connectivity index (χ1) is 14.2. The predicted octanol–water partition coefficient (Wildman–Crippen LogP) is 4.89. The predicted molar refractivity (Wildman–Crippen MR) is 122 cm³/mol. The number of hydrogen-bond donors (Lipinski definition) is 2. The van der Waals surface area contributed by atoms with Gasteiger partial charge >= 0.3 is 0 Å². The van der Waals surface area contributed by atoms with Gasteiger partial charge in [0, 0.05) is 38.8 Å².